The molecule has 2 saturated heterocycles. The van der Waals surface area contributed by atoms with Gasteiger partial charge in [0.1, 0.15) is 36.6 Å². The standard InChI is InChI=1S/C15H28O10/c1-2-7-12(19)14(21)13(20)9(24-7)5-23-4-6-10(17)8(3-16)25-15(22)11(6)18/h6-22H,2-5H2,1H3. The smallest absolute Gasteiger partial charge is 0.181 e. The van der Waals surface area contributed by atoms with Gasteiger partial charge in [0, 0.05) is 5.92 Å². The highest BCUT2D eigenvalue weighted by Gasteiger charge is 2.45. The Bertz CT molecular complexity index is 408. The van der Waals surface area contributed by atoms with E-state index in [-0.39, 0.29) is 13.2 Å². The number of ether oxygens (including phenoxy) is 3. The van der Waals surface area contributed by atoms with Crippen LogP contribution in [0.25, 0.3) is 0 Å². The summed E-state index contributed by atoms with van der Waals surface area (Å²) in [7, 11) is 0. The van der Waals surface area contributed by atoms with Crippen LogP contribution >= 0.6 is 0 Å². The molecule has 10 heteroatoms. The number of hydrogen-bond donors (Lipinski definition) is 7. The Morgan fingerprint density at radius 3 is 1.96 bits per heavy atom. The maximum absolute atomic E-state index is 10.1. The summed E-state index contributed by atoms with van der Waals surface area (Å²) in [6.45, 7) is 0.884. The van der Waals surface area contributed by atoms with Crippen molar-refractivity contribution in [2.24, 2.45) is 5.92 Å². The molecule has 148 valence electrons. The van der Waals surface area contributed by atoms with Crippen molar-refractivity contribution in [3.05, 3.63) is 0 Å². The summed E-state index contributed by atoms with van der Waals surface area (Å²) in [5.41, 5.74) is 0. The van der Waals surface area contributed by atoms with Crippen LogP contribution in [0.3, 0.4) is 0 Å². The van der Waals surface area contributed by atoms with E-state index in [2.05, 4.69) is 0 Å². The van der Waals surface area contributed by atoms with Crippen LogP contribution in [0.4, 0.5) is 0 Å². The fourth-order valence-corrected chi connectivity index (χ4v) is 3.20. The zero-order valence-corrected chi connectivity index (χ0v) is 14.0. The molecule has 0 spiro atoms. The number of rotatable bonds is 6. The van der Waals surface area contributed by atoms with Gasteiger partial charge < -0.3 is 50.0 Å². The summed E-state index contributed by atoms with van der Waals surface area (Å²) in [6.07, 6.45) is -10.3. The zero-order valence-electron chi connectivity index (χ0n) is 14.0. The predicted molar refractivity (Wildman–Crippen MR) is 81.3 cm³/mol. The van der Waals surface area contributed by atoms with E-state index in [4.69, 9.17) is 19.3 Å². The molecular formula is C15H28O10. The molecule has 2 heterocycles. The highest BCUT2D eigenvalue weighted by Crippen LogP contribution is 2.27. The van der Waals surface area contributed by atoms with Crippen LogP contribution in [0, 0.1) is 5.92 Å². The molecule has 2 aliphatic heterocycles. The maximum Gasteiger partial charge on any atom is 0.181 e. The Kier molecular flexibility index (Phi) is 7.52. The molecule has 0 radical (unpaired) electrons. The number of aliphatic hydroxyl groups excluding tert-OH is 7. The zero-order chi connectivity index (χ0) is 18.7. The van der Waals surface area contributed by atoms with E-state index in [1.54, 1.807) is 6.92 Å². The Balaban J connectivity index is 1.90. The Morgan fingerprint density at radius 1 is 0.720 bits per heavy atom. The lowest BCUT2D eigenvalue weighted by Gasteiger charge is -2.42. The monoisotopic (exact) mass is 368 g/mol. The van der Waals surface area contributed by atoms with Crippen molar-refractivity contribution in [2.75, 3.05) is 19.8 Å². The van der Waals surface area contributed by atoms with Gasteiger partial charge in [0.25, 0.3) is 0 Å². The molecule has 0 aromatic rings. The van der Waals surface area contributed by atoms with Gasteiger partial charge in [-0.3, -0.25) is 0 Å². The Morgan fingerprint density at radius 2 is 1.36 bits per heavy atom. The van der Waals surface area contributed by atoms with E-state index < -0.39 is 67.6 Å². The minimum Gasteiger partial charge on any atom is -0.394 e. The second-order valence-corrected chi connectivity index (χ2v) is 6.52. The predicted octanol–water partition coefficient (Wildman–Crippen LogP) is -3.69. The molecule has 2 fully saturated rings. The first-order chi connectivity index (χ1) is 11.8. The van der Waals surface area contributed by atoms with Crippen molar-refractivity contribution in [3.8, 4) is 0 Å². The normalized spacial score (nSPS) is 48.5. The van der Waals surface area contributed by atoms with Gasteiger partial charge in [0.2, 0.25) is 0 Å². The fourth-order valence-electron chi connectivity index (χ4n) is 3.20. The molecule has 0 saturated carbocycles. The van der Waals surface area contributed by atoms with Gasteiger partial charge >= 0.3 is 0 Å². The van der Waals surface area contributed by atoms with E-state index in [0.717, 1.165) is 0 Å². The van der Waals surface area contributed by atoms with Gasteiger partial charge in [0.05, 0.1) is 32.0 Å². The van der Waals surface area contributed by atoms with Gasteiger partial charge in [-0.2, -0.15) is 0 Å². The van der Waals surface area contributed by atoms with E-state index in [0.29, 0.717) is 6.42 Å². The highest BCUT2D eigenvalue weighted by atomic mass is 16.6. The SMILES string of the molecule is CCC1OC(COCC2C(O)C(O)OC(CO)C2O)C(O)C(O)C1O. The van der Waals surface area contributed by atoms with E-state index in [1.807, 2.05) is 0 Å². The van der Waals surface area contributed by atoms with Crippen molar-refractivity contribution in [3.63, 3.8) is 0 Å². The fraction of sp³-hybridized carbons (Fsp3) is 1.00. The van der Waals surface area contributed by atoms with Crippen LogP contribution in [0.5, 0.6) is 0 Å². The lowest BCUT2D eigenvalue weighted by Crippen LogP contribution is -2.59. The molecule has 2 rings (SSSR count). The van der Waals surface area contributed by atoms with Crippen LogP contribution in [-0.4, -0.2) is 111 Å². The van der Waals surface area contributed by atoms with Crippen molar-refractivity contribution < 1.29 is 50.0 Å². The van der Waals surface area contributed by atoms with Gasteiger partial charge in [-0.1, -0.05) is 6.92 Å². The third kappa shape index (κ3) is 4.48. The van der Waals surface area contributed by atoms with Gasteiger partial charge in [-0.25, -0.2) is 0 Å². The van der Waals surface area contributed by atoms with Crippen molar-refractivity contribution in [1.82, 2.24) is 0 Å². The maximum atomic E-state index is 10.1. The molecule has 0 bridgehead atoms. The summed E-state index contributed by atoms with van der Waals surface area (Å²) in [5.74, 6) is -0.917. The van der Waals surface area contributed by atoms with E-state index >= 15 is 0 Å². The third-order valence-electron chi connectivity index (χ3n) is 4.85. The molecule has 10 atom stereocenters. The van der Waals surface area contributed by atoms with E-state index in [1.165, 1.54) is 0 Å². The van der Waals surface area contributed by atoms with Crippen LogP contribution in [0.1, 0.15) is 13.3 Å². The number of hydrogen-bond acceptors (Lipinski definition) is 10. The minimum absolute atomic E-state index is 0.155. The summed E-state index contributed by atoms with van der Waals surface area (Å²) in [4.78, 5) is 0. The summed E-state index contributed by atoms with van der Waals surface area (Å²) < 4.78 is 15.8. The molecule has 7 N–H and O–H groups in total. The van der Waals surface area contributed by atoms with Crippen molar-refractivity contribution in [2.45, 2.75) is 68.5 Å². The second-order valence-electron chi connectivity index (χ2n) is 6.52. The largest absolute Gasteiger partial charge is 0.394 e. The lowest BCUT2D eigenvalue weighted by atomic mass is 9.89. The quantitative estimate of drug-likeness (QED) is 0.248. The van der Waals surface area contributed by atoms with Crippen LogP contribution in [-0.2, 0) is 14.2 Å². The molecule has 0 amide bonds. The lowest BCUT2D eigenvalue weighted by molar-refractivity contribution is -0.282. The minimum atomic E-state index is -1.56. The molecule has 0 aromatic heterocycles. The second kappa shape index (κ2) is 9.00. The van der Waals surface area contributed by atoms with Crippen LogP contribution in [0.15, 0.2) is 0 Å². The average molecular weight is 368 g/mol. The first kappa shape index (κ1) is 20.9. The Hall–Kier alpha value is -0.400. The number of aliphatic hydroxyl groups is 7. The molecule has 10 nitrogen and oxygen atoms in total. The third-order valence-corrected chi connectivity index (χ3v) is 4.85. The molecular weight excluding hydrogens is 340 g/mol. The molecule has 2 aliphatic rings. The average Bonchev–Trinajstić information content (AvgIpc) is 2.60. The summed E-state index contributed by atoms with van der Waals surface area (Å²) in [5, 5.41) is 68.4. The molecule has 0 aromatic carbocycles. The topological polar surface area (TPSA) is 169 Å². The van der Waals surface area contributed by atoms with Gasteiger partial charge in [-0.05, 0) is 6.42 Å². The first-order valence-electron chi connectivity index (χ1n) is 8.39. The van der Waals surface area contributed by atoms with Gasteiger partial charge in [0.15, 0.2) is 6.29 Å². The Labute approximate surface area is 145 Å². The van der Waals surface area contributed by atoms with Crippen LogP contribution < -0.4 is 0 Å². The van der Waals surface area contributed by atoms with Crippen LogP contribution in [0.2, 0.25) is 0 Å². The van der Waals surface area contributed by atoms with Gasteiger partial charge in [-0.15, -0.1) is 0 Å². The van der Waals surface area contributed by atoms with Crippen molar-refractivity contribution >= 4 is 0 Å². The summed E-state index contributed by atoms with van der Waals surface area (Å²) >= 11 is 0. The molecule has 0 aliphatic carbocycles. The molecule has 10 unspecified atom stereocenters. The molecule has 25 heavy (non-hydrogen) atoms. The summed E-state index contributed by atoms with van der Waals surface area (Å²) in [6, 6.07) is 0. The van der Waals surface area contributed by atoms with Crippen molar-refractivity contribution in [1.29, 1.82) is 0 Å². The highest BCUT2D eigenvalue weighted by molar-refractivity contribution is 4.92. The van der Waals surface area contributed by atoms with E-state index in [9.17, 15) is 30.6 Å². The first-order valence-corrected chi connectivity index (χ1v) is 8.39.